The molecule has 0 bridgehead atoms. The van der Waals surface area contributed by atoms with E-state index >= 15 is 0 Å². The maximum Gasteiger partial charge on any atom is 0.149 e. The average molecular weight is 299 g/mol. The van der Waals surface area contributed by atoms with Crippen LogP contribution in [-0.4, -0.2) is 44.5 Å². The van der Waals surface area contributed by atoms with Gasteiger partial charge in [0.15, 0.2) is 0 Å². The standard InChI is InChI=1S/C14H25N3O2S/c1-14(2,3)16-11-12-6-7-13(15-10-12)17(4)8-9-20(5,18)19/h6-7,10,16H,8-9,11H2,1-5H3. The Kier molecular flexibility index (Phi) is 5.53. The first-order valence-corrected chi connectivity index (χ1v) is 8.72. The summed E-state index contributed by atoms with van der Waals surface area (Å²) in [6.07, 6.45) is 3.07. The van der Waals surface area contributed by atoms with Crippen molar-refractivity contribution in [2.45, 2.75) is 32.9 Å². The molecule has 1 aromatic heterocycles. The number of nitrogens with zero attached hydrogens (tertiary/aromatic N) is 2. The molecule has 0 atom stereocenters. The van der Waals surface area contributed by atoms with Gasteiger partial charge < -0.3 is 10.2 Å². The number of rotatable bonds is 6. The first-order valence-electron chi connectivity index (χ1n) is 6.66. The fourth-order valence-electron chi connectivity index (χ4n) is 1.53. The van der Waals surface area contributed by atoms with Crippen LogP contribution in [0.25, 0.3) is 0 Å². The molecule has 0 aliphatic heterocycles. The fraction of sp³-hybridized carbons (Fsp3) is 0.643. The molecule has 0 aliphatic carbocycles. The summed E-state index contributed by atoms with van der Waals surface area (Å²) >= 11 is 0. The molecule has 0 unspecified atom stereocenters. The van der Waals surface area contributed by atoms with Crippen molar-refractivity contribution >= 4 is 15.7 Å². The zero-order valence-electron chi connectivity index (χ0n) is 13.0. The van der Waals surface area contributed by atoms with E-state index in [0.29, 0.717) is 6.54 Å². The lowest BCUT2D eigenvalue weighted by Crippen LogP contribution is -2.35. The van der Waals surface area contributed by atoms with Gasteiger partial charge in [0.1, 0.15) is 15.7 Å². The minimum atomic E-state index is -2.94. The summed E-state index contributed by atoms with van der Waals surface area (Å²) in [6, 6.07) is 3.93. The van der Waals surface area contributed by atoms with E-state index in [0.717, 1.165) is 17.9 Å². The lowest BCUT2D eigenvalue weighted by molar-refractivity contribution is 0.424. The van der Waals surface area contributed by atoms with Crippen LogP contribution >= 0.6 is 0 Å². The van der Waals surface area contributed by atoms with Crippen molar-refractivity contribution in [2.24, 2.45) is 0 Å². The van der Waals surface area contributed by atoms with Gasteiger partial charge in [-0.1, -0.05) is 6.07 Å². The minimum Gasteiger partial charge on any atom is -0.359 e. The van der Waals surface area contributed by atoms with E-state index in [-0.39, 0.29) is 11.3 Å². The third kappa shape index (κ3) is 6.86. The minimum absolute atomic E-state index is 0.0744. The van der Waals surface area contributed by atoms with Gasteiger partial charge in [-0.05, 0) is 32.4 Å². The van der Waals surface area contributed by atoms with Gasteiger partial charge in [-0.15, -0.1) is 0 Å². The van der Waals surface area contributed by atoms with Gasteiger partial charge in [0.25, 0.3) is 0 Å². The number of anilines is 1. The van der Waals surface area contributed by atoms with Crippen molar-refractivity contribution in [3.05, 3.63) is 23.9 Å². The topological polar surface area (TPSA) is 62.3 Å². The highest BCUT2D eigenvalue weighted by Gasteiger charge is 2.10. The second-order valence-electron chi connectivity index (χ2n) is 6.18. The molecule has 20 heavy (non-hydrogen) atoms. The SMILES string of the molecule is CN(CCS(C)(=O)=O)c1ccc(CNC(C)(C)C)cn1. The van der Waals surface area contributed by atoms with Gasteiger partial charge in [-0.2, -0.15) is 0 Å². The Balaban J connectivity index is 2.57. The maximum absolute atomic E-state index is 11.1. The van der Waals surface area contributed by atoms with Crippen LogP contribution in [0.5, 0.6) is 0 Å². The van der Waals surface area contributed by atoms with Crippen LogP contribution in [0.3, 0.4) is 0 Å². The Morgan fingerprint density at radius 1 is 1.30 bits per heavy atom. The first-order chi connectivity index (χ1) is 9.07. The van der Waals surface area contributed by atoms with Crippen LogP contribution in [0.15, 0.2) is 18.3 Å². The summed E-state index contributed by atoms with van der Waals surface area (Å²) in [7, 11) is -1.09. The van der Waals surface area contributed by atoms with Crippen molar-refractivity contribution in [1.29, 1.82) is 0 Å². The molecule has 5 nitrogen and oxygen atoms in total. The second kappa shape index (κ2) is 6.54. The van der Waals surface area contributed by atoms with E-state index in [9.17, 15) is 8.42 Å². The molecule has 0 aliphatic rings. The van der Waals surface area contributed by atoms with Crippen LogP contribution in [0.4, 0.5) is 5.82 Å². The summed E-state index contributed by atoms with van der Waals surface area (Å²) in [6.45, 7) is 7.57. The molecule has 114 valence electrons. The Morgan fingerprint density at radius 3 is 2.40 bits per heavy atom. The number of hydrogen-bond donors (Lipinski definition) is 1. The summed E-state index contributed by atoms with van der Waals surface area (Å²) in [5.74, 6) is 0.923. The number of sulfone groups is 1. The average Bonchev–Trinajstić information content (AvgIpc) is 2.32. The van der Waals surface area contributed by atoms with Crippen LogP contribution < -0.4 is 10.2 Å². The quantitative estimate of drug-likeness (QED) is 0.861. The molecule has 1 aromatic rings. The highest BCUT2D eigenvalue weighted by molar-refractivity contribution is 7.90. The van der Waals surface area contributed by atoms with Crippen molar-refractivity contribution in [1.82, 2.24) is 10.3 Å². The van der Waals surface area contributed by atoms with Crippen molar-refractivity contribution in [3.63, 3.8) is 0 Å². The zero-order valence-corrected chi connectivity index (χ0v) is 13.8. The predicted octanol–water partition coefficient (Wildman–Crippen LogP) is 1.45. The molecule has 0 radical (unpaired) electrons. The summed E-state index contributed by atoms with van der Waals surface area (Å²) in [5, 5.41) is 3.40. The van der Waals surface area contributed by atoms with Gasteiger partial charge >= 0.3 is 0 Å². The van der Waals surface area contributed by atoms with E-state index in [1.165, 1.54) is 6.26 Å². The largest absolute Gasteiger partial charge is 0.359 e. The van der Waals surface area contributed by atoms with Gasteiger partial charge in [0, 0.05) is 38.1 Å². The molecular formula is C14H25N3O2S. The number of pyridine rings is 1. The van der Waals surface area contributed by atoms with Crippen molar-refractivity contribution in [3.8, 4) is 0 Å². The molecule has 1 heterocycles. The van der Waals surface area contributed by atoms with E-state index in [1.54, 1.807) is 0 Å². The molecule has 6 heteroatoms. The summed E-state index contributed by atoms with van der Waals surface area (Å²) < 4.78 is 22.3. The van der Waals surface area contributed by atoms with Crippen LogP contribution in [-0.2, 0) is 16.4 Å². The number of nitrogens with one attached hydrogen (secondary N) is 1. The highest BCUT2D eigenvalue weighted by atomic mass is 32.2. The Morgan fingerprint density at radius 2 is 1.95 bits per heavy atom. The van der Waals surface area contributed by atoms with E-state index in [1.807, 2.05) is 30.3 Å². The van der Waals surface area contributed by atoms with E-state index in [2.05, 4.69) is 31.1 Å². The summed E-state index contributed by atoms with van der Waals surface area (Å²) in [5.41, 5.74) is 1.19. The molecule has 0 amide bonds. The van der Waals surface area contributed by atoms with E-state index < -0.39 is 9.84 Å². The third-order valence-corrected chi connectivity index (χ3v) is 3.74. The van der Waals surface area contributed by atoms with E-state index in [4.69, 9.17) is 0 Å². The van der Waals surface area contributed by atoms with Gasteiger partial charge in [-0.3, -0.25) is 0 Å². The molecule has 0 spiro atoms. The molecule has 0 saturated heterocycles. The Hall–Kier alpha value is -1.14. The Labute approximate surface area is 122 Å². The van der Waals surface area contributed by atoms with Crippen molar-refractivity contribution < 1.29 is 8.42 Å². The first kappa shape index (κ1) is 16.9. The second-order valence-corrected chi connectivity index (χ2v) is 8.44. The molecule has 0 aromatic carbocycles. The summed E-state index contributed by atoms with van der Waals surface area (Å²) in [4.78, 5) is 6.22. The number of aromatic nitrogens is 1. The molecule has 1 N–H and O–H groups in total. The van der Waals surface area contributed by atoms with Gasteiger partial charge in [-0.25, -0.2) is 13.4 Å². The van der Waals surface area contributed by atoms with Gasteiger partial charge in [0.2, 0.25) is 0 Å². The number of hydrogen-bond acceptors (Lipinski definition) is 5. The molecule has 0 saturated carbocycles. The highest BCUT2D eigenvalue weighted by Crippen LogP contribution is 2.10. The molecular weight excluding hydrogens is 274 g/mol. The lowest BCUT2D eigenvalue weighted by Gasteiger charge is -2.21. The van der Waals surface area contributed by atoms with Crippen LogP contribution in [0, 0.1) is 0 Å². The lowest BCUT2D eigenvalue weighted by atomic mass is 10.1. The van der Waals surface area contributed by atoms with Gasteiger partial charge in [0.05, 0.1) is 5.75 Å². The zero-order chi connectivity index (χ0) is 15.4. The predicted molar refractivity (Wildman–Crippen MR) is 83.8 cm³/mol. The maximum atomic E-state index is 11.1. The van der Waals surface area contributed by atoms with Crippen molar-refractivity contribution in [2.75, 3.05) is 30.5 Å². The Bertz CT molecular complexity index is 518. The van der Waals surface area contributed by atoms with Crippen LogP contribution in [0.1, 0.15) is 26.3 Å². The van der Waals surface area contributed by atoms with Crippen LogP contribution in [0.2, 0.25) is 0 Å². The smallest absolute Gasteiger partial charge is 0.149 e. The molecule has 1 rings (SSSR count). The third-order valence-electron chi connectivity index (χ3n) is 2.82. The monoisotopic (exact) mass is 299 g/mol. The fourth-order valence-corrected chi connectivity index (χ4v) is 2.14. The normalized spacial score (nSPS) is 12.4. The molecule has 0 fully saturated rings.